The van der Waals surface area contributed by atoms with E-state index in [0.717, 1.165) is 4.68 Å². The largest absolute Gasteiger partial charge is 0.378 e. The zero-order valence-electron chi connectivity index (χ0n) is 14.2. The maximum absolute atomic E-state index is 12.5. The Bertz CT molecular complexity index is 1050. The molecule has 13 heteroatoms. The molecule has 0 atom stereocenters. The number of nitro groups is 1. The Morgan fingerprint density at radius 1 is 1.41 bits per heavy atom. The van der Waals surface area contributed by atoms with Gasteiger partial charge in [-0.05, 0) is 24.2 Å². The van der Waals surface area contributed by atoms with Crippen LogP contribution in [-0.4, -0.2) is 41.8 Å². The van der Waals surface area contributed by atoms with E-state index in [0.29, 0.717) is 17.0 Å². The lowest BCUT2D eigenvalue weighted by Gasteiger charge is -2.04. The minimum absolute atomic E-state index is 0.0140. The lowest BCUT2D eigenvalue weighted by molar-refractivity contribution is -0.384. The summed E-state index contributed by atoms with van der Waals surface area (Å²) in [6.45, 7) is 3.17. The molecule has 0 bridgehead atoms. The minimum atomic E-state index is -0.635. The van der Waals surface area contributed by atoms with Crippen molar-refractivity contribution < 1.29 is 14.3 Å². The summed E-state index contributed by atoms with van der Waals surface area (Å²) in [4.78, 5) is 22.9. The molecule has 1 amide bonds. The number of anilines is 1. The van der Waals surface area contributed by atoms with Crippen molar-refractivity contribution in [2.24, 2.45) is 5.10 Å². The van der Waals surface area contributed by atoms with Crippen molar-refractivity contribution in [3.05, 3.63) is 51.3 Å². The van der Waals surface area contributed by atoms with E-state index in [-0.39, 0.29) is 23.0 Å². The maximum atomic E-state index is 12.5. The van der Waals surface area contributed by atoms with Crippen LogP contribution in [0, 0.1) is 17.0 Å². The number of non-ortho nitro benzene ring substituents is 1. The zero-order chi connectivity index (χ0) is 19.6. The van der Waals surface area contributed by atoms with E-state index in [4.69, 9.17) is 5.73 Å². The number of carbonyl (C=O) groups excluding carboxylic acids is 1. The molecule has 2 heterocycles. The fourth-order valence-corrected chi connectivity index (χ4v) is 2.20. The summed E-state index contributed by atoms with van der Waals surface area (Å²) in [5.41, 5.74) is 9.08. The van der Waals surface area contributed by atoms with Crippen molar-refractivity contribution in [3.63, 3.8) is 0 Å². The van der Waals surface area contributed by atoms with Crippen LogP contribution in [-0.2, 0) is 0 Å². The molecule has 138 valence electrons. The average molecular weight is 371 g/mol. The standard InChI is InChI=1S/C14H13N9O4/c1-7(9-4-3-5-10(6-9)23(25)26)16-18-14(24)11-8(2)17-21-22(11)13-12(15)19-27-20-13/h3-6H,1-2H3,(H2,15,19)(H,18,24)/b16-7-. The van der Waals surface area contributed by atoms with Gasteiger partial charge in [0.05, 0.1) is 16.3 Å². The number of rotatable bonds is 5. The Hall–Kier alpha value is -4.16. The Balaban J connectivity index is 1.85. The topological polar surface area (TPSA) is 180 Å². The van der Waals surface area contributed by atoms with Crippen molar-refractivity contribution in [2.75, 3.05) is 5.73 Å². The zero-order valence-corrected chi connectivity index (χ0v) is 14.2. The number of hydrogen-bond donors (Lipinski definition) is 2. The van der Waals surface area contributed by atoms with Gasteiger partial charge in [0.1, 0.15) is 0 Å². The van der Waals surface area contributed by atoms with E-state index in [2.05, 4.69) is 35.8 Å². The summed E-state index contributed by atoms with van der Waals surface area (Å²) in [6, 6.07) is 5.87. The van der Waals surface area contributed by atoms with Gasteiger partial charge in [0, 0.05) is 17.7 Å². The SMILES string of the molecule is C/C(=N/NC(=O)c1c(C)nnn1-c1nonc1N)c1cccc([N+](=O)[O-])c1. The first kappa shape index (κ1) is 17.7. The van der Waals surface area contributed by atoms with Crippen molar-refractivity contribution >= 4 is 23.1 Å². The van der Waals surface area contributed by atoms with Gasteiger partial charge < -0.3 is 5.73 Å². The fourth-order valence-electron chi connectivity index (χ4n) is 2.20. The number of nitro benzene ring substituents is 1. The molecule has 3 aromatic rings. The van der Waals surface area contributed by atoms with Crippen LogP contribution in [0.25, 0.3) is 5.82 Å². The number of amides is 1. The molecule has 13 nitrogen and oxygen atoms in total. The van der Waals surface area contributed by atoms with Crippen LogP contribution in [0.15, 0.2) is 34.0 Å². The van der Waals surface area contributed by atoms with Crippen molar-refractivity contribution in [3.8, 4) is 5.82 Å². The summed E-state index contributed by atoms with van der Waals surface area (Å²) in [6.07, 6.45) is 0. The van der Waals surface area contributed by atoms with Crippen LogP contribution in [0.3, 0.4) is 0 Å². The second-order valence-electron chi connectivity index (χ2n) is 5.35. The molecule has 0 aliphatic heterocycles. The third-order valence-electron chi connectivity index (χ3n) is 3.55. The highest BCUT2D eigenvalue weighted by Crippen LogP contribution is 2.16. The number of hydrazone groups is 1. The summed E-state index contributed by atoms with van der Waals surface area (Å²) < 4.78 is 5.58. The van der Waals surface area contributed by atoms with E-state index in [1.807, 2.05) is 0 Å². The molecule has 0 saturated heterocycles. The highest BCUT2D eigenvalue weighted by molar-refractivity contribution is 6.01. The summed E-state index contributed by atoms with van der Waals surface area (Å²) in [7, 11) is 0. The summed E-state index contributed by atoms with van der Waals surface area (Å²) in [5.74, 6) is -0.685. The predicted octanol–water partition coefficient (Wildman–Crippen LogP) is 0.603. The molecule has 0 aliphatic rings. The van der Waals surface area contributed by atoms with Crippen LogP contribution in [0.4, 0.5) is 11.5 Å². The smallest absolute Gasteiger partial charge is 0.292 e. The highest BCUT2D eigenvalue weighted by Gasteiger charge is 2.23. The number of nitrogens with two attached hydrogens (primary N) is 1. The van der Waals surface area contributed by atoms with Gasteiger partial charge in [0.2, 0.25) is 11.6 Å². The summed E-state index contributed by atoms with van der Waals surface area (Å²) in [5, 5.41) is 29.5. The first-order valence-electron chi connectivity index (χ1n) is 7.48. The maximum Gasteiger partial charge on any atom is 0.292 e. The number of aromatic nitrogens is 5. The van der Waals surface area contributed by atoms with Crippen LogP contribution in [0.5, 0.6) is 0 Å². The van der Waals surface area contributed by atoms with E-state index in [9.17, 15) is 14.9 Å². The number of nitrogens with one attached hydrogen (secondary N) is 1. The minimum Gasteiger partial charge on any atom is -0.378 e. The number of hydrogen-bond acceptors (Lipinski definition) is 10. The summed E-state index contributed by atoms with van der Waals surface area (Å²) >= 11 is 0. The third-order valence-corrected chi connectivity index (χ3v) is 3.55. The Labute approximate surface area is 151 Å². The van der Waals surface area contributed by atoms with Crippen molar-refractivity contribution in [2.45, 2.75) is 13.8 Å². The average Bonchev–Trinajstić information content (AvgIpc) is 3.24. The van der Waals surface area contributed by atoms with Crippen LogP contribution < -0.4 is 11.2 Å². The molecule has 0 saturated carbocycles. The second-order valence-corrected chi connectivity index (χ2v) is 5.35. The predicted molar refractivity (Wildman–Crippen MR) is 91.1 cm³/mol. The lowest BCUT2D eigenvalue weighted by Crippen LogP contribution is -2.24. The molecule has 0 spiro atoms. The molecule has 3 N–H and O–H groups in total. The molecule has 3 rings (SSSR count). The molecule has 0 radical (unpaired) electrons. The number of carbonyl (C=O) groups is 1. The van der Waals surface area contributed by atoms with Gasteiger partial charge in [-0.3, -0.25) is 14.9 Å². The molecular formula is C14H13N9O4. The molecule has 1 aromatic carbocycles. The lowest BCUT2D eigenvalue weighted by atomic mass is 10.1. The van der Waals surface area contributed by atoms with Gasteiger partial charge in [-0.15, -0.1) is 5.10 Å². The van der Waals surface area contributed by atoms with E-state index in [1.54, 1.807) is 19.9 Å². The Kier molecular flexibility index (Phi) is 4.57. The Morgan fingerprint density at radius 2 is 2.19 bits per heavy atom. The third kappa shape index (κ3) is 3.46. The van der Waals surface area contributed by atoms with Crippen molar-refractivity contribution in [1.82, 2.24) is 30.7 Å². The molecule has 0 aliphatic carbocycles. The number of nitrogen functional groups attached to an aromatic ring is 1. The Morgan fingerprint density at radius 3 is 2.85 bits per heavy atom. The molecule has 2 aromatic heterocycles. The quantitative estimate of drug-likeness (QED) is 0.369. The molecular weight excluding hydrogens is 358 g/mol. The second kappa shape index (κ2) is 6.99. The number of benzene rings is 1. The highest BCUT2D eigenvalue weighted by atomic mass is 16.6. The van der Waals surface area contributed by atoms with Gasteiger partial charge in [-0.25, -0.2) is 10.1 Å². The first-order chi connectivity index (χ1) is 12.9. The van der Waals surface area contributed by atoms with Crippen molar-refractivity contribution in [1.29, 1.82) is 0 Å². The van der Waals surface area contributed by atoms with Crippen LogP contribution in [0.2, 0.25) is 0 Å². The van der Waals surface area contributed by atoms with Gasteiger partial charge in [-0.1, -0.05) is 17.3 Å². The number of aryl methyl sites for hydroxylation is 1. The molecule has 0 unspecified atom stereocenters. The molecule has 27 heavy (non-hydrogen) atoms. The van der Waals surface area contributed by atoms with E-state index >= 15 is 0 Å². The van der Waals surface area contributed by atoms with Gasteiger partial charge in [-0.2, -0.15) is 9.78 Å². The molecule has 0 fully saturated rings. The monoisotopic (exact) mass is 371 g/mol. The van der Waals surface area contributed by atoms with Gasteiger partial charge >= 0.3 is 0 Å². The fraction of sp³-hybridized carbons (Fsp3) is 0.143. The van der Waals surface area contributed by atoms with Crippen LogP contribution in [0.1, 0.15) is 28.7 Å². The normalized spacial score (nSPS) is 11.4. The van der Waals surface area contributed by atoms with E-state index in [1.165, 1.54) is 18.2 Å². The number of nitrogens with zero attached hydrogens (tertiary/aromatic N) is 7. The van der Waals surface area contributed by atoms with Gasteiger partial charge in [0.25, 0.3) is 11.6 Å². The van der Waals surface area contributed by atoms with Gasteiger partial charge in [0.15, 0.2) is 5.69 Å². The first-order valence-corrected chi connectivity index (χ1v) is 7.48. The van der Waals surface area contributed by atoms with E-state index < -0.39 is 10.8 Å². The van der Waals surface area contributed by atoms with Crippen LogP contribution >= 0.6 is 0 Å².